The van der Waals surface area contributed by atoms with Crippen molar-refractivity contribution < 1.29 is 9.53 Å². The Balaban J connectivity index is 2.60. The Bertz CT molecular complexity index is 470. The maximum Gasteiger partial charge on any atom is 0.332 e. The maximum atomic E-state index is 11.5. The van der Waals surface area contributed by atoms with Crippen LogP contribution in [0.15, 0.2) is 24.4 Å². The molecule has 1 rings (SSSR count). The van der Waals surface area contributed by atoms with Gasteiger partial charge in [0.15, 0.2) is 6.10 Å². The second-order valence-electron chi connectivity index (χ2n) is 4.30. The van der Waals surface area contributed by atoms with Gasteiger partial charge in [0.2, 0.25) is 0 Å². The molecule has 4 heteroatoms. The molecule has 0 N–H and O–H groups in total. The normalized spacial score (nSPS) is 12.4. The summed E-state index contributed by atoms with van der Waals surface area (Å²) in [5, 5.41) is 8.80. The molecular weight excluding hydrogens is 228 g/mol. The van der Waals surface area contributed by atoms with E-state index in [2.05, 4.69) is 4.98 Å². The minimum atomic E-state index is -0.710. The molecule has 0 aromatic carbocycles. The van der Waals surface area contributed by atoms with Crippen LogP contribution >= 0.6 is 0 Å². The van der Waals surface area contributed by atoms with Gasteiger partial charge in [-0.3, -0.25) is 4.98 Å². The Hall–Kier alpha value is -2.15. The third-order valence-electron chi connectivity index (χ3n) is 2.32. The fraction of sp³-hybridized carbons (Fsp3) is 0.357. The summed E-state index contributed by atoms with van der Waals surface area (Å²) >= 11 is 0. The first-order valence-electron chi connectivity index (χ1n) is 5.74. The van der Waals surface area contributed by atoms with Crippen LogP contribution in [0, 0.1) is 24.2 Å². The Morgan fingerprint density at radius 2 is 2.22 bits per heavy atom. The third-order valence-corrected chi connectivity index (χ3v) is 2.32. The first-order valence-corrected chi connectivity index (χ1v) is 5.74. The first-order chi connectivity index (χ1) is 8.52. The number of hydrogen-bond donors (Lipinski definition) is 0. The molecule has 0 amide bonds. The van der Waals surface area contributed by atoms with Crippen LogP contribution in [-0.4, -0.2) is 17.1 Å². The van der Waals surface area contributed by atoms with E-state index in [1.54, 1.807) is 12.3 Å². The zero-order valence-electron chi connectivity index (χ0n) is 10.8. The summed E-state index contributed by atoms with van der Waals surface area (Å²) < 4.78 is 5.00. The van der Waals surface area contributed by atoms with Gasteiger partial charge < -0.3 is 4.74 Å². The monoisotopic (exact) mass is 244 g/mol. The number of nitriles is 1. The van der Waals surface area contributed by atoms with E-state index < -0.39 is 12.1 Å². The molecule has 94 valence electrons. The number of esters is 1. The van der Waals surface area contributed by atoms with Crippen LogP contribution < -0.4 is 0 Å². The Morgan fingerprint density at radius 3 is 2.72 bits per heavy atom. The number of nitrogens with zero attached hydrogens (tertiary/aromatic N) is 2. The van der Waals surface area contributed by atoms with E-state index in [9.17, 15) is 4.79 Å². The van der Waals surface area contributed by atoms with Crippen LogP contribution in [0.2, 0.25) is 0 Å². The number of aromatic nitrogens is 1. The topological polar surface area (TPSA) is 63.0 Å². The number of ether oxygens (including phenoxy) is 1. The summed E-state index contributed by atoms with van der Waals surface area (Å²) in [6.07, 6.45) is 3.88. The van der Waals surface area contributed by atoms with Crippen molar-refractivity contribution in [2.75, 3.05) is 0 Å². The number of rotatable bonds is 4. The van der Waals surface area contributed by atoms with Gasteiger partial charge in [-0.2, -0.15) is 5.26 Å². The van der Waals surface area contributed by atoms with Gasteiger partial charge in [0, 0.05) is 23.9 Å². The zero-order valence-corrected chi connectivity index (χ0v) is 10.8. The van der Waals surface area contributed by atoms with Crippen molar-refractivity contribution in [1.82, 2.24) is 4.98 Å². The molecule has 1 aromatic heterocycles. The van der Waals surface area contributed by atoms with Crippen LogP contribution in [-0.2, 0) is 9.53 Å². The van der Waals surface area contributed by atoms with Crippen molar-refractivity contribution in [3.05, 3.63) is 35.7 Å². The molecule has 0 saturated carbocycles. The van der Waals surface area contributed by atoms with Crippen LogP contribution in [0.1, 0.15) is 25.1 Å². The van der Waals surface area contributed by atoms with Gasteiger partial charge in [-0.1, -0.05) is 19.9 Å². The molecule has 0 fully saturated rings. The van der Waals surface area contributed by atoms with Crippen molar-refractivity contribution in [2.45, 2.75) is 26.9 Å². The van der Waals surface area contributed by atoms with Crippen molar-refractivity contribution in [3.63, 3.8) is 0 Å². The molecular formula is C14H16N2O2. The molecule has 0 radical (unpaired) electrons. The van der Waals surface area contributed by atoms with Crippen LogP contribution in [0.25, 0.3) is 6.08 Å². The Kier molecular flexibility index (Phi) is 5.06. The summed E-state index contributed by atoms with van der Waals surface area (Å²) in [6.45, 7) is 5.55. The predicted octanol–water partition coefficient (Wildman–Crippen LogP) is 2.49. The van der Waals surface area contributed by atoms with Gasteiger partial charge in [0.25, 0.3) is 0 Å². The van der Waals surface area contributed by atoms with Crippen molar-refractivity contribution in [2.24, 2.45) is 5.92 Å². The largest absolute Gasteiger partial charge is 0.443 e. The van der Waals surface area contributed by atoms with Crippen LogP contribution in [0.4, 0.5) is 0 Å². The van der Waals surface area contributed by atoms with Crippen molar-refractivity contribution in [3.8, 4) is 6.07 Å². The molecule has 0 bridgehead atoms. The molecule has 0 aliphatic carbocycles. The highest BCUT2D eigenvalue weighted by Crippen LogP contribution is 2.07. The van der Waals surface area contributed by atoms with Gasteiger partial charge >= 0.3 is 5.97 Å². The molecule has 1 unspecified atom stereocenters. The number of pyridine rings is 1. The minimum absolute atomic E-state index is 0.0200. The molecule has 0 aliphatic heterocycles. The molecule has 1 heterocycles. The molecule has 1 atom stereocenters. The van der Waals surface area contributed by atoms with E-state index in [0.717, 1.165) is 11.3 Å². The fourth-order valence-corrected chi connectivity index (χ4v) is 1.22. The number of carbonyl (C=O) groups excluding carboxylic acids is 1. The molecule has 1 aromatic rings. The average molecular weight is 244 g/mol. The van der Waals surface area contributed by atoms with Gasteiger partial charge in [-0.05, 0) is 24.6 Å². The molecule has 0 aliphatic rings. The van der Waals surface area contributed by atoms with Gasteiger partial charge in [-0.15, -0.1) is 0 Å². The molecule has 0 spiro atoms. The fourth-order valence-electron chi connectivity index (χ4n) is 1.22. The standard InChI is InChI=1S/C14H16N2O2/c1-10(2)13(8-15)18-14(17)7-6-12-5-4-11(3)16-9-12/h4-7,9-10,13H,1-3H3. The number of hydrogen-bond acceptors (Lipinski definition) is 4. The highest BCUT2D eigenvalue weighted by molar-refractivity contribution is 5.87. The smallest absolute Gasteiger partial charge is 0.332 e. The second-order valence-corrected chi connectivity index (χ2v) is 4.30. The summed E-state index contributed by atoms with van der Waals surface area (Å²) in [5.41, 5.74) is 1.73. The van der Waals surface area contributed by atoms with Gasteiger partial charge in [0.1, 0.15) is 6.07 Å². The lowest BCUT2D eigenvalue weighted by Crippen LogP contribution is -2.20. The van der Waals surface area contributed by atoms with E-state index in [1.165, 1.54) is 6.08 Å². The lowest BCUT2D eigenvalue weighted by Gasteiger charge is -2.12. The SMILES string of the molecule is Cc1ccc(C=CC(=O)OC(C#N)C(C)C)cn1. The maximum absolute atomic E-state index is 11.5. The highest BCUT2D eigenvalue weighted by Gasteiger charge is 2.15. The van der Waals surface area contributed by atoms with E-state index in [-0.39, 0.29) is 5.92 Å². The van der Waals surface area contributed by atoms with E-state index >= 15 is 0 Å². The lowest BCUT2D eigenvalue weighted by molar-refractivity contribution is -0.142. The quantitative estimate of drug-likeness (QED) is 0.603. The second kappa shape index (κ2) is 6.55. The van der Waals surface area contributed by atoms with Crippen molar-refractivity contribution >= 4 is 12.0 Å². The highest BCUT2D eigenvalue weighted by atomic mass is 16.5. The summed E-state index contributed by atoms with van der Waals surface area (Å²) in [4.78, 5) is 15.6. The van der Waals surface area contributed by atoms with Gasteiger partial charge in [0.05, 0.1) is 0 Å². The van der Waals surface area contributed by atoms with Crippen LogP contribution in [0.5, 0.6) is 0 Å². The Labute approximate surface area is 107 Å². The van der Waals surface area contributed by atoms with E-state index in [4.69, 9.17) is 10.00 Å². The van der Waals surface area contributed by atoms with E-state index in [0.29, 0.717) is 0 Å². The minimum Gasteiger partial charge on any atom is -0.443 e. The predicted molar refractivity (Wildman–Crippen MR) is 68.3 cm³/mol. The van der Waals surface area contributed by atoms with Gasteiger partial charge in [-0.25, -0.2) is 4.79 Å². The lowest BCUT2D eigenvalue weighted by atomic mass is 10.1. The summed E-state index contributed by atoms with van der Waals surface area (Å²) in [7, 11) is 0. The third kappa shape index (κ3) is 4.38. The van der Waals surface area contributed by atoms with E-state index in [1.807, 2.05) is 39.0 Å². The number of carbonyl (C=O) groups is 1. The zero-order chi connectivity index (χ0) is 13.5. The molecule has 0 saturated heterocycles. The molecule has 4 nitrogen and oxygen atoms in total. The first kappa shape index (κ1) is 13.9. The average Bonchev–Trinajstić information content (AvgIpc) is 2.35. The number of aryl methyl sites for hydroxylation is 1. The van der Waals surface area contributed by atoms with Crippen molar-refractivity contribution in [1.29, 1.82) is 5.26 Å². The Morgan fingerprint density at radius 1 is 1.50 bits per heavy atom. The molecule has 18 heavy (non-hydrogen) atoms. The summed E-state index contributed by atoms with van der Waals surface area (Å²) in [5.74, 6) is -0.538. The summed E-state index contributed by atoms with van der Waals surface area (Å²) in [6, 6.07) is 5.66. The van der Waals surface area contributed by atoms with Crippen LogP contribution in [0.3, 0.4) is 0 Å².